The first kappa shape index (κ1) is 34.4. The number of aliphatic hydroxyl groups is 2. The third kappa shape index (κ3) is 8.31. The Hall–Kier alpha value is -3.06. The number of nitrogens with two attached hydrogens (primary N) is 1. The number of nitrogens with one attached hydrogen (secondary N) is 2. The second kappa shape index (κ2) is 14.1. The van der Waals surface area contributed by atoms with Crippen LogP contribution in [0.5, 0.6) is 5.88 Å². The monoisotopic (exact) mass is 648 g/mol. The summed E-state index contributed by atoms with van der Waals surface area (Å²) in [6.45, 7) is 0.809. The molecule has 0 saturated carbocycles. The smallest absolute Gasteiger partial charge is 0.327 e. The molecule has 0 aromatic carbocycles. The normalized spacial score (nSPS) is 19.7. The minimum absolute atomic E-state index is 0.0874. The Morgan fingerprint density at radius 2 is 2.00 bits per heavy atom. The number of methoxy groups -OCH3 is 1. The van der Waals surface area contributed by atoms with Crippen LogP contribution in [0.4, 0.5) is 10.7 Å². The van der Waals surface area contributed by atoms with E-state index in [9.17, 15) is 29.2 Å². The van der Waals surface area contributed by atoms with Gasteiger partial charge in [-0.1, -0.05) is 11.4 Å². The van der Waals surface area contributed by atoms with Gasteiger partial charge in [0.15, 0.2) is 17.4 Å². The average molecular weight is 649 g/mol. The number of likely N-dealkylation sites (N-methyl/N-ethyl adjacent to an activating group) is 1. The van der Waals surface area contributed by atoms with Gasteiger partial charge in [0.1, 0.15) is 17.7 Å². The number of hydrogen-bond acceptors (Lipinski definition) is 15. The van der Waals surface area contributed by atoms with E-state index in [2.05, 4.69) is 25.4 Å². The van der Waals surface area contributed by atoms with E-state index >= 15 is 0 Å². The molecule has 5 atom stereocenters. The number of nitrogens with zero attached hydrogens (tertiary/aromatic N) is 5. The maximum atomic E-state index is 13.9. The fourth-order valence-corrected chi connectivity index (χ4v) is 7.85. The Bertz CT molecular complexity index is 1380. The highest BCUT2D eigenvalue weighted by Crippen LogP contribution is 2.56. The van der Waals surface area contributed by atoms with E-state index in [1.807, 2.05) is 0 Å². The number of urea groups is 1. The Kier molecular flexibility index (Phi) is 11.3. The molecule has 1 aliphatic heterocycles. The molecular weight excluding hydrogens is 611 g/mol. The molecule has 43 heavy (non-hydrogen) atoms. The van der Waals surface area contributed by atoms with E-state index in [0.717, 1.165) is 11.4 Å². The Morgan fingerprint density at radius 3 is 2.58 bits per heavy atom. The summed E-state index contributed by atoms with van der Waals surface area (Å²) in [7, 11) is 2.79. The number of carbonyl (C=O) groups is 3. The largest absolute Gasteiger partial charge is 0.479 e. The Balaban J connectivity index is 1.77. The van der Waals surface area contributed by atoms with E-state index in [-0.39, 0.29) is 42.0 Å². The van der Waals surface area contributed by atoms with Crippen LogP contribution in [0, 0.1) is 0 Å². The molecule has 240 valence electrons. The van der Waals surface area contributed by atoms with Crippen LogP contribution in [0.15, 0.2) is 6.33 Å². The number of aliphatic hydroxyl groups excluding tert-OH is 1. The molecular formula is C23H37N8O10PS. The molecule has 1 saturated heterocycles. The van der Waals surface area contributed by atoms with Crippen molar-refractivity contribution in [1.29, 1.82) is 0 Å². The second-order valence-corrected chi connectivity index (χ2v) is 14.4. The molecule has 0 aliphatic carbocycles. The number of fused-ring (bicyclic) bond motifs is 1. The fourth-order valence-electron chi connectivity index (χ4n) is 3.86. The number of hydrogen-bond donors (Lipinski definition) is 5. The van der Waals surface area contributed by atoms with Gasteiger partial charge in [0.25, 0.3) is 5.91 Å². The maximum absolute atomic E-state index is 13.9. The summed E-state index contributed by atoms with van der Waals surface area (Å²) in [5.74, 6) is -1.40. The number of aromatic nitrogens is 4. The lowest BCUT2D eigenvalue weighted by atomic mass is 10.1. The number of rotatable bonds is 16. The molecule has 0 spiro atoms. The number of imide groups is 1. The van der Waals surface area contributed by atoms with Crippen molar-refractivity contribution >= 4 is 53.1 Å². The highest BCUT2D eigenvalue weighted by molar-refractivity contribution is 8.56. The highest BCUT2D eigenvalue weighted by Gasteiger charge is 2.40. The van der Waals surface area contributed by atoms with Crippen molar-refractivity contribution in [3.63, 3.8) is 0 Å². The number of nitrogen functional groups attached to an aromatic ring is 1. The van der Waals surface area contributed by atoms with Crippen LogP contribution in [0.25, 0.3) is 11.2 Å². The van der Waals surface area contributed by atoms with Gasteiger partial charge in [-0.25, -0.2) is 14.9 Å². The van der Waals surface area contributed by atoms with Crippen LogP contribution >= 0.6 is 18.1 Å². The maximum Gasteiger partial charge on any atom is 0.327 e. The van der Waals surface area contributed by atoms with Crippen molar-refractivity contribution in [1.82, 2.24) is 34.8 Å². The first-order valence-corrected chi connectivity index (χ1v) is 16.3. The summed E-state index contributed by atoms with van der Waals surface area (Å²) < 4.78 is 37.1. The van der Waals surface area contributed by atoms with Crippen molar-refractivity contribution < 1.29 is 47.9 Å². The SMILES string of the molecule is COc1nc(N)nc2c1ncn2[C@H](OCCO[P@@](=O)(N[C@@H](C)C(=O)OC(C)C)SC[C@H]1C(=O)NC(=O)N1C)[C@](C)(O)CO. The first-order valence-electron chi connectivity index (χ1n) is 13.1. The zero-order valence-corrected chi connectivity index (χ0v) is 26.3. The molecule has 6 N–H and O–H groups in total. The van der Waals surface area contributed by atoms with Crippen LogP contribution in [-0.2, 0) is 28.2 Å². The molecule has 2 aromatic heterocycles. The zero-order chi connectivity index (χ0) is 32.1. The summed E-state index contributed by atoms with van der Waals surface area (Å²) in [6.07, 6.45) is -0.408. The van der Waals surface area contributed by atoms with Gasteiger partial charge >= 0.3 is 18.7 Å². The molecule has 18 nitrogen and oxygen atoms in total. The second-order valence-electron chi connectivity index (χ2n) is 10.0. The van der Waals surface area contributed by atoms with E-state index in [1.54, 1.807) is 13.8 Å². The predicted octanol–water partition coefficient (Wildman–Crippen LogP) is 0.0134. The number of carbonyl (C=O) groups excluding carboxylic acids is 3. The van der Waals surface area contributed by atoms with Gasteiger partial charge in [-0.05, 0) is 27.7 Å². The molecule has 1 aliphatic rings. The summed E-state index contributed by atoms with van der Waals surface area (Å²) in [6, 6.07) is -2.57. The summed E-state index contributed by atoms with van der Waals surface area (Å²) in [5.41, 5.74) is 4.30. The molecule has 0 unspecified atom stereocenters. The third-order valence-corrected chi connectivity index (χ3v) is 10.2. The molecule has 3 heterocycles. The molecule has 0 radical (unpaired) electrons. The molecule has 3 rings (SSSR count). The van der Waals surface area contributed by atoms with E-state index in [0.29, 0.717) is 0 Å². The van der Waals surface area contributed by atoms with Crippen molar-refractivity contribution in [2.75, 3.05) is 45.5 Å². The van der Waals surface area contributed by atoms with Crippen molar-refractivity contribution in [3.8, 4) is 5.88 Å². The quantitative estimate of drug-likeness (QED) is 0.0697. The van der Waals surface area contributed by atoms with Gasteiger partial charge in [-0.3, -0.25) is 24.0 Å². The molecule has 2 aromatic rings. The van der Waals surface area contributed by atoms with Crippen LogP contribution in [-0.4, -0.2) is 116 Å². The minimum Gasteiger partial charge on any atom is -0.479 e. The first-order chi connectivity index (χ1) is 20.1. The summed E-state index contributed by atoms with van der Waals surface area (Å²) in [4.78, 5) is 49.9. The molecule has 0 bridgehead atoms. The van der Waals surface area contributed by atoms with E-state index in [1.165, 1.54) is 43.8 Å². The lowest BCUT2D eigenvalue weighted by Gasteiger charge is -2.32. The number of amides is 3. The summed E-state index contributed by atoms with van der Waals surface area (Å²) >= 11 is 0.724. The zero-order valence-electron chi connectivity index (χ0n) is 24.5. The van der Waals surface area contributed by atoms with Crippen molar-refractivity contribution in [3.05, 3.63) is 6.33 Å². The number of esters is 1. The van der Waals surface area contributed by atoms with Crippen LogP contribution in [0.1, 0.15) is 33.9 Å². The average Bonchev–Trinajstić information content (AvgIpc) is 3.45. The minimum atomic E-state index is -3.94. The van der Waals surface area contributed by atoms with Gasteiger partial charge in [0.2, 0.25) is 11.8 Å². The standard InChI is InChI=1S/C23H37N8O10PS/c1-12(2)41-19(34)13(3)29-42(37,43-9-14-17(33)27-22(35)30(14)5)40-8-7-39-20(23(4,36)10-32)31-11-25-15-16(31)26-21(24)28-18(15)38-6/h11-14,20,32,36H,7-10H2,1-6H3,(H,29,37)(H2,24,26,28)(H,27,33,35)/t13-,14-,20+,23+,42-/m0/s1. The Labute approximate surface area is 251 Å². The van der Waals surface area contributed by atoms with Gasteiger partial charge < -0.3 is 39.6 Å². The van der Waals surface area contributed by atoms with Gasteiger partial charge in [-0.15, -0.1) is 0 Å². The lowest BCUT2D eigenvalue weighted by Crippen LogP contribution is -2.42. The Morgan fingerprint density at radius 1 is 1.30 bits per heavy atom. The third-order valence-electron chi connectivity index (χ3n) is 6.11. The van der Waals surface area contributed by atoms with Gasteiger partial charge in [-0.2, -0.15) is 9.97 Å². The van der Waals surface area contributed by atoms with Gasteiger partial charge in [0, 0.05) is 12.8 Å². The highest BCUT2D eigenvalue weighted by atomic mass is 32.7. The van der Waals surface area contributed by atoms with Crippen LogP contribution in [0.2, 0.25) is 0 Å². The predicted molar refractivity (Wildman–Crippen MR) is 154 cm³/mol. The number of anilines is 1. The summed E-state index contributed by atoms with van der Waals surface area (Å²) in [5, 5.41) is 25.6. The molecule has 3 amide bonds. The number of ether oxygens (including phenoxy) is 3. The van der Waals surface area contributed by atoms with Gasteiger partial charge in [0.05, 0.1) is 39.4 Å². The fraction of sp³-hybridized carbons (Fsp3) is 0.652. The van der Waals surface area contributed by atoms with E-state index in [4.69, 9.17) is 24.5 Å². The van der Waals surface area contributed by atoms with Crippen molar-refractivity contribution in [2.45, 2.75) is 57.7 Å². The van der Waals surface area contributed by atoms with Crippen LogP contribution in [0.3, 0.4) is 0 Å². The topological polar surface area (TPSA) is 243 Å². The lowest BCUT2D eigenvalue weighted by molar-refractivity contribution is -0.158. The number of imidazole rings is 1. The van der Waals surface area contributed by atoms with Crippen LogP contribution < -0.4 is 20.9 Å². The van der Waals surface area contributed by atoms with E-state index < -0.39 is 61.3 Å². The molecule has 20 heteroatoms. The van der Waals surface area contributed by atoms with Crippen molar-refractivity contribution in [2.24, 2.45) is 0 Å². The molecule has 1 fully saturated rings.